The summed E-state index contributed by atoms with van der Waals surface area (Å²) < 4.78 is 44.9. The van der Waals surface area contributed by atoms with Crippen LogP contribution in [0.1, 0.15) is 49.9 Å². The highest BCUT2D eigenvalue weighted by molar-refractivity contribution is 5.75. The number of ether oxygens (including phenoxy) is 1. The molecular formula is C23H33F3N4O2. The maximum Gasteiger partial charge on any atom is 0.417 e. The Morgan fingerprint density at radius 2 is 1.97 bits per heavy atom. The number of amides is 2. The quantitative estimate of drug-likeness (QED) is 0.698. The fraction of sp³-hybridized carbons (Fsp3) is 0.739. The zero-order chi connectivity index (χ0) is 23.0. The first-order chi connectivity index (χ1) is 15.1. The zero-order valence-electron chi connectivity index (χ0n) is 19.1. The number of likely N-dealkylation sites (tertiary alicyclic amines) is 1. The molecule has 9 heteroatoms. The van der Waals surface area contributed by atoms with E-state index in [0.29, 0.717) is 42.7 Å². The fourth-order valence-electron chi connectivity index (χ4n) is 5.31. The van der Waals surface area contributed by atoms with E-state index in [9.17, 15) is 18.0 Å². The molecule has 3 aliphatic heterocycles. The van der Waals surface area contributed by atoms with Crippen molar-refractivity contribution in [3.63, 3.8) is 0 Å². The lowest BCUT2D eigenvalue weighted by Gasteiger charge is -2.36. The van der Waals surface area contributed by atoms with E-state index in [-0.39, 0.29) is 24.7 Å². The van der Waals surface area contributed by atoms with Crippen LogP contribution in [0.2, 0.25) is 0 Å². The molecule has 4 rings (SSSR count). The van der Waals surface area contributed by atoms with Gasteiger partial charge in [0.2, 0.25) is 0 Å². The number of urea groups is 1. The topological polar surface area (TPSA) is 48.9 Å². The molecular weight excluding hydrogens is 421 g/mol. The molecule has 0 aliphatic carbocycles. The number of hydrogen-bond acceptors (Lipinski definition) is 4. The van der Waals surface area contributed by atoms with Gasteiger partial charge in [0.25, 0.3) is 0 Å². The lowest BCUT2D eigenvalue weighted by molar-refractivity contribution is -0.137. The Morgan fingerprint density at radius 1 is 1.25 bits per heavy atom. The molecule has 2 fully saturated rings. The van der Waals surface area contributed by atoms with Crippen LogP contribution in [0.3, 0.4) is 0 Å². The normalized spacial score (nSPS) is 25.0. The molecule has 3 aliphatic rings. The van der Waals surface area contributed by atoms with E-state index in [4.69, 9.17) is 4.74 Å². The van der Waals surface area contributed by atoms with Gasteiger partial charge in [-0.05, 0) is 43.9 Å². The first-order valence-electron chi connectivity index (χ1n) is 11.6. The summed E-state index contributed by atoms with van der Waals surface area (Å²) in [5, 5.41) is 0. The number of carbonyl (C=O) groups excluding carboxylic acids is 1. The first-order valence-corrected chi connectivity index (χ1v) is 11.6. The van der Waals surface area contributed by atoms with Crippen LogP contribution in [0, 0.1) is 5.92 Å². The smallest absolute Gasteiger partial charge is 0.381 e. The third kappa shape index (κ3) is 4.73. The molecule has 2 atom stereocenters. The number of hydrogen-bond donors (Lipinski definition) is 0. The molecule has 0 saturated carbocycles. The van der Waals surface area contributed by atoms with Crippen molar-refractivity contribution in [3.05, 3.63) is 29.1 Å². The molecule has 0 radical (unpaired) electrons. The largest absolute Gasteiger partial charge is 0.417 e. The number of fused-ring (bicyclic) bond motifs is 1. The van der Waals surface area contributed by atoms with Gasteiger partial charge in [0.15, 0.2) is 0 Å². The first kappa shape index (κ1) is 23.3. The molecule has 178 valence electrons. The minimum absolute atomic E-state index is 0.0744. The van der Waals surface area contributed by atoms with Gasteiger partial charge in [0, 0.05) is 69.3 Å². The summed E-state index contributed by atoms with van der Waals surface area (Å²) in [6.07, 6.45) is -0.141. The Morgan fingerprint density at radius 3 is 2.62 bits per heavy atom. The fourth-order valence-corrected chi connectivity index (χ4v) is 5.31. The molecule has 1 unspecified atom stereocenters. The van der Waals surface area contributed by atoms with Gasteiger partial charge >= 0.3 is 12.2 Å². The van der Waals surface area contributed by atoms with Crippen LogP contribution >= 0.6 is 0 Å². The standard InChI is InChI=1S/C23H33F3N4O2/c1-15(2)21-11-19(28(3)18-5-8-32-9-6-18)14-30(21)22(31)29-7-4-20-16(13-29)10-17(12-27-20)23(24,25)26/h10,12,15,18-19,21H,4-9,11,13-14H2,1-3H3/t19?,21-/m0/s1. The van der Waals surface area contributed by atoms with Crippen molar-refractivity contribution in [2.24, 2.45) is 5.92 Å². The van der Waals surface area contributed by atoms with Crippen LogP contribution in [0.15, 0.2) is 12.3 Å². The summed E-state index contributed by atoms with van der Waals surface area (Å²) >= 11 is 0. The van der Waals surface area contributed by atoms with E-state index in [0.717, 1.165) is 44.7 Å². The summed E-state index contributed by atoms with van der Waals surface area (Å²) in [7, 11) is 2.15. The summed E-state index contributed by atoms with van der Waals surface area (Å²) in [5.41, 5.74) is 0.390. The van der Waals surface area contributed by atoms with E-state index in [2.05, 4.69) is 30.8 Å². The third-order valence-corrected chi connectivity index (χ3v) is 7.32. The van der Waals surface area contributed by atoms with Crippen molar-refractivity contribution in [1.82, 2.24) is 19.7 Å². The summed E-state index contributed by atoms with van der Waals surface area (Å²) in [6, 6.07) is 1.94. The van der Waals surface area contributed by atoms with Gasteiger partial charge in [-0.15, -0.1) is 0 Å². The minimum atomic E-state index is -4.44. The number of likely N-dealkylation sites (N-methyl/N-ethyl adjacent to an activating group) is 1. The van der Waals surface area contributed by atoms with Crippen LogP contribution in [0.5, 0.6) is 0 Å². The van der Waals surface area contributed by atoms with Crippen molar-refractivity contribution in [3.8, 4) is 0 Å². The third-order valence-electron chi connectivity index (χ3n) is 7.32. The van der Waals surface area contributed by atoms with Gasteiger partial charge in [-0.1, -0.05) is 13.8 Å². The predicted octanol–water partition coefficient (Wildman–Crippen LogP) is 3.79. The molecule has 1 aromatic heterocycles. The highest BCUT2D eigenvalue weighted by Gasteiger charge is 2.42. The second-order valence-electron chi connectivity index (χ2n) is 9.64. The van der Waals surface area contributed by atoms with Crippen molar-refractivity contribution < 1.29 is 22.7 Å². The van der Waals surface area contributed by atoms with Crippen molar-refractivity contribution in [2.75, 3.05) is 33.4 Å². The van der Waals surface area contributed by atoms with Gasteiger partial charge in [0.05, 0.1) is 5.56 Å². The maximum atomic E-state index is 13.5. The monoisotopic (exact) mass is 454 g/mol. The average molecular weight is 455 g/mol. The molecule has 6 nitrogen and oxygen atoms in total. The van der Waals surface area contributed by atoms with E-state index >= 15 is 0 Å². The Bertz CT molecular complexity index is 826. The van der Waals surface area contributed by atoms with Crippen LogP contribution in [0.4, 0.5) is 18.0 Å². The number of halogens is 3. The number of rotatable bonds is 3. The van der Waals surface area contributed by atoms with Gasteiger partial charge in [-0.25, -0.2) is 4.79 Å². The highest BCUT2D eigenvalue weighted by Crippen LogP contribution is 2.33. The molecule has 0 spiro atoms. The Balaban J connectivity index is 1.48. The summed E-state index contributed by atoms with van der Waals surface area (Å²) in [5.74, 6) is 0.308. The summed E-state index contributed by atoms with van der Waals surface area (Å²) in [4.78, 5) is 23.6. The molecule has 0 N–H and O–H groups in total. The molecule has 4 heterocycles. The zero-order valence-corrected chi connectivity index (χ0v) is 19.1. The van der Waals surface area contributed by atoms with Crippen LogP contribution < -0.4 is 0 Å². The SMILES string of the molecule is CC(C)[C@@H]1CC(N(C)C2CCOCC2)CN1C(=O)N1CCc2ncc(C(F)(F)F)cc2C1. The molecule has 2 amide bonds. The molecule has 0 aromatic carbocycles. The van der Waals surface area contributed by atoms with E-state index in [1.54, 1.807) is 4.90 Å². The maximum absolute atomic E-state index is 13.5. The van der Waals surface area contributed by atoms with Gasteiger partial charge in [-0.2, -0.15) is 13.2 Å². The predicted molar refractivity (Wildman–Crippen MR) is 114 cm³/mol. The Hall–Kier alpha value is -1.87. The molecule has 1 aromatic rings. The second-order valence-corrected chi connectivity index (χ2v) is 9.64. The number of alkyl halides is 3. The van der Waals surface area contributed by atoms with Crippen LogP contribution in [-0.4, -0.2) is 77.2 Å². The Labute approximate surface area is 187 Å². The number of pyridine rings is 1. The minimum Gasteiger partial charge on any atom is -0.381 e. The number of nitrogens with zero attached hydrogens (tertiary/aromatic N) is 4. The van der Waals surface area contributed by atoms with E-state index in [1.807, 2.05) is 4.90 Å². The summed E-state index contributed by atoms with van der Waals surface area (Å²) in [6.45, 7) is 7.12. The van der Waals surface area contributed by atoms with Crippen molar-refractivity contribution >= 4 is 6.03 Å². The number of carbonyl (C=O) groups is 1. The van der Waals surface area contributed by atoms with Gasteiger partial charge in [0.1, 0.15) is 0 Å². The van der Waals surface area contributed by atoms with E-state index < -0.39 is 11.7 Å². The van der Waals surface area contributed by atoms with Crippen LogP contribution in [-0.2, 0) is 23.9 Å². The number of aromatic nitrogens is 1. The molecule has 0 bridgehead atoms. The highest BCUT2D eigenvalue weighted by atomic mass is 19.4. The Kier molecular flexibility index (Phi) is 6.68. The van der Waals surface area contributed by atoms with Crippen molar-refractivity contribution in [1.29, 1.82) is 0 Å². The second kappa shape index (κ2) is 9.17. The van der Waals surface area contributed by atoms with Crippen molar-refractivity contribution in [2.45, 2.75) is 70.4 Å². The van der Waals surface area contributed by atoms with Gasteiger partial charge in [-0.3, -0.25) is 9.88 Å². The molecule has 2 saturated heterocycles. The van der Waals surface area contributed by atoms with Gasteiger partial charge < -0.3 is 14.5 Å². The molecule has 32 heavy (non-hydrogen) atoms. The van der Waals surface area contributed by atoms with E-state index in [1.165, 1.54) is 0 Å². The van der Waals surface area contributed by atoms with Crippen LogP contribution in [0.25, 0.3) is 0 Å². The lowest BCUT2D eigenvalue weighted by Crippen LogP contribution is -2.49. The average Bonchev–Trinajstić information content (AvgIpc) is 3.23. The lowest BCUT2D eigenvalue weighted by atomic mass is 9.98.